The third-order valence-corrected chi connectivity index (χ3v) is 9.37. The molecule has 2 N–H and O–H groups in total. The largest absolute Gasteiger partial charge is 0.450 e. The van der Waals surface area contributed by atoms with Crippen LogP contribution in [0.3, 0.4) is 0 Å². The monoisotopic (exact) mass is 484 g/mol. The molecule has 0 aromatic carbocycles. The average molecular weight is 485 g/mol. The summed E-state index contributed by atoms with van der Waals surface area (Å²) in [5, 5.41) is 21.1. The Morgan fingerprint density at radius 3 is 2.47 bits per heavy atom. The Kier molecular flexibility index (Phi) is 5.72. The van der Waals surface area contributed by atoms with Crippen molar-refractivity contribution in [3.8, 4) is 0 Å². The molecule has 6 nitrogen and oxygen atoms in total. The fourth-order valence-electron chi connectivity index (χ4n) is 7.85. The minimum Gasteiger partial charge on any atom is -0.450 e. The highest BCUT2D eigenvalue weighted by atomic mass is 19.2. The molecule has 0 heterocycles. The van der Waals surface area contributed by atoms with Crippen LogP contribution in [0.5, 0.6) is 0 Å². The summed E-state index contributed by atoms with van der Waals surface area (Å²) in [5.41, 5.74) is -8.17. The van der Waals surface area contributed by atoms with Crippen LogP contribution in [-0.2, 0) is 19.1 Å². The average Bonchev–Trinajstić information content (AvgIpc) is 3.00. The van der Waals surface area contributed by atoms with Crippen molar-refractivity contribution in [2.24, 2.45) is 28.6 Å². The van der Waals surface area contributed by atoms with Gasteiger partial charge in [0.2, 0.25) is 11.6 Å². The standard InChI is InChI=1S/C25H31F3O6/c1-5-19(33)34-25(18(32)11-29)12(2)8-13-14-9-15(26)20-21(27)16(30)6-7-22(20,3)24(14,28)17(31)10-23(13,25)4/h6-7,12-15,17,29,31H,5,8-11H2,1-4H3/t12?,13-,14-,15?,17?,22-,23-,24-,25-/m0/s1. The van der Waals surface area contributed by atoms with Crippen LogP contribution in [-0.4, -0.2) is 57.9 Å². The number of Topliss-reactive ketones (excluding diaryl/α,β-unsaturated/α-hetero) is 1. The second-order valence-corrected chi connectivity index (χ2v) is 10.7. The van der Waals surface area contributed by atoms with Crippen LogP contribution in [0.15, 0.2) is 23.6 Å². The van der Waals surface area contributed by atoms with Crippen LogP contribution < -0.4 is 0 Å². The van der Waals surface area contributed by atoms with Crippen LogP contribution in [0.25, 0.3) is 0 Å². The number of aliphatic hydroxyl groups is 2. The second kappa shape index (κ2) is 7.75. The van der Waals surface area contributed by atoms with Crippen LogP contribution in [0, 0.1) is 28.6 Å². The van der Waals surface area contributed by atoms with Crippen molar-refractivity contribution in [2.45, 2.75) is 76.9 Å². The van der Waals surface area contributed by atoms with E-state index in [9.17, 15) is 29.0 Å². The molecule has 0 aromatic heterocycles. The van der Waals surface area contributed by atoms with E-state index in [1.807, 2.05) is 0 Å². The molecule has 9 atom stereocenters. The minimum absolute atomic E-state index is 0.0379. The molecular weight excluding hydrogens is 453 g/mol. The number of ether oxygens (including phenoxy) is 1. The van der Waals surface area contributed by atoms with Gasteiger partial charge in [0.25, 0.3) is 0 Å². The van der Waals surface area contributed by atoms with Crippen molar-refractivity contribution >= 4 is 17.5 Å². The number of hydrogen-bond donors (Lipinski definition) is 2. The molecule has 3 unspecified atom stereocenters. The summed E-state index contributed by atoms with van der Waals surface area (Å²) < 4.78 is 53.2. The summed E-state index contributed by atoms with van der Waals surface area (Å²) in [6.07, 6.45) is -2.44. The maximum atomic E-state index is 17.2. The van der Waals surface area contributed by atoms with Gasteiger partial charge in [0.05, 0.1) is 6.10 Å². The van der Waals surface area contributed by atoms with Crippen molar-refractivity contribution < 1.29 is 42.5 Å². The highest BCUT2D eigenvalue weighted by Gasteiger charge is 2.78. The molecule has 0 amide bonds. The zero-order valence-electron chi connectivity index (χ0n) is 19.7. The van der Waals surface area contributed by atoms with Gasteiger partial charge in [0.1, 0.15) is 12.8 Å². The van der Waals surface area contributed by atoms with Crippen LogP contribution in [0.1, 0.15) is 53.4 Å². The maximum Gasteiger partial charge on any atom is 0.306 e. The first kappa shape index (κ1) is 25.1. The van der Waals surface area contributed by atoms with E-state index in [0.29, 0.717) is 0 Å². The van der Waals surface area contributed by atoms with Crippen molar-refractivity contribution in [3.63, 3.8) is 0 Å². The van der Waals surface area contributed by atoms with E-state index in [1.165, 1.54) is 6.92 Å². The summed E-state index contributed by atoms with van der Waals surface area (Å²) in [6, 6.07) is 0. The molecule has 3 saturated carbocycles. The van der Waals surface area contributed by atoms with Gasteiger partial charge < -0.3 is 14.9 Å². The van der Waals surface area contributed by atoms with E-state index in [4.69, 9.17) is 4.74 Å². The summed E-state index contributed by atoms with van der Waals surface area (Å²) in [4.78, 5) is 37.5. The molecule has 0 radical (unpaired) electrons. The number of aliphatic hydroxyl groups excluding tert-OH is 2. The molecular formula is C25H31F3O6. The van der Waals surface area contributed by atoms with Crippen molar-refractivity contribution in [1.29, 1.82) is 0 Å². The SMILES string of the molecule is CCC(=O)O[C@]1(C(=O)CO)C(C)C[C@H]2[C@@H]3CC(F)C4=C(F)C(=O)C=C[C@]4(C)[C@@]3(F)C(O)C[C@@]21C. The number of esters is 1. The predicted molar refractivity (Wildman–Crippen MR) is 114 cm³/mol. The lowest BCUT2D eigenvalue weighted by Crippen LogP contribution is -2.71. The van der Waals surface area contributed by atoms with E-state index >= 15 is 8.78 Å². The lowest BCUT2D eigenvalue weighted by atomic mass is 9.44. The molecule has 9 heteroatoms. The third-order valence-electron chi connectivity index (χ3n) is 9.37. The van der Waals surface area contributed by atoms with Crippen molar-refractivity contribution in [3.05, 3.63) is 23.6 Å². The predicted octanol–water partition coefficient (Wildman–Crippen LogP) is 3.10. The summed E-state index contributed by atoms with van der Waals surface area (Å²) in [7, 11) is 0. The first-order chi connectivity index (χ1) is 15.8. The quantitative estimate of drug-likeness (QED) is 0.595. The van der Waals surface area contributed by atoms with Crippen LogP contribution in [0.4, 0.5) is 13.2 Å². The lowest BCUT2D eigenvalue weighted by molar-refractivity contribution is -0.232. The number of hydrogen-bond acceptors (Lipinski definition) is 6. The second-order valence-electron chi connectivity index (χ2n) is 10.7. The Balaban J connectivity index is 1.90. The van der Waals surface area contributed by atoms with Gasteiger partial charge in [-0.1, -0.05) is 26.8 Å². The summed E-state index contributed by atoms with van der Waals surface area (Å²) in [5.74, 6) is -6.33. The summed E-state index contributed by atoms with van der Waals surface area (Å²) >= 11 is 0. The number of ketones is 2. The highest BCUT2D eigenvalue weighted by Crippen LogP contribution is 2.72. The number of carbonyl (C=O) groups excluding carboxylic acids is 3. The zero-order valence-corrected chi connectivity index (χ0v) is 19.7. The fraction of sp³-hybridized carbons (Fsp3) is 0.720. The topological polar surface area (TPSA) is 101 Å². The lowest BCUT2D eigenvalue weighted by Gasteiger charge is -2.63. The Morgan fingerprint density at radius 1 is 1.24 bits per heavy atom. The van der Waals surface area contributed by atoms with E-state index < -0.39 is 94.1 Å². The van der Waals surface area contributed by atoms with Gasteiger partial charge in [-0.3, -0.25) is 14.4 Å². The molecule has 0 aromatic rings. The van der Waals surface area contributed by atoms with E-state index in [2.05, 4.69) is 0 Å². The molecule has 0 spiro atoms. The van der Waals surface area contributed by atoms with Gasteiger partial charge in [-0.15, -0.1) is 0 Å². The number of halogens is 3. The zero-order chi connectivity index (χ0) is 25.4. The Morgan fingerprint density at radius 2 is 1.88 bits per heavy atom. The van der Waals surface area contributed by atoms with E-state index in [-0.39, 0.29) is 19.3 Å². The normalized spacial score (nSPS) is 47.7. The number of rotatable bonds is 4. The molecule has 4 aliphatic carbocycles. The summed E-state index contributed by atoms with van der Waals surface area (Å²) in [6.45, 7) is 5.20. The number of fused-ring (bicyclic) bond motifs is 5. The Bertz CT molecular complexity index is 1010. The number of carbonyl (C=O) groups is 3. The molecule has 0 saturated heterocycles. The molecule has 0 aliphatic heterocycles. The minimum atomic E-state index is -2.53. The van der Waals surface area contributed by atoms with Gasteiger partial charge >= 0.3 is 5.97 Å². The van der Waals surface area contributed by atoms with Gasteiger partial charge in [-0.05, 0) is 38.2 Å². The molecule has 34 heavy (non-hydrogen) atoms. The smallest absolute Gasteiger partial charge is 0.306 e. The number of allylic oxidation sites excluding steroid dienone is 4. The molecule has 188 valence electrons. The van der Waals surface area contributed by atoms with E-state index in [0.717, 1.165) is 12.2 Å². The van der Waals surface area contributed by atoms with Crippen LogP contribution in [0.2, 0.25) is 0 Å². The first-order valence-corrected chi connectivity index (χ1v) is 11.8. The molecule has 0 bridgehead atoms. The van der Waals surface area contributed by atoms with E-state index in [1.54, 1.807) is 20.8 Å². The molecule has 3 fully saturated rings. The Hall–Kier alpha value is -2.00. The Labute approximate surface area is 196 Å². The van der Waals surface area contributed by atoms with Crippen molar-refractivity contribution in [1.82, 2.24) is 0 Å². The van der Waals surface area contributed by atoms with Gasteiger partial charge in [-0.25, -0.2) is 13.2 Å². The van der Waals surface area contributed by atoms with Gasteiger partial charge in [-0.2, -0.15) is 0 Å². The number of alkyl halides is 2. The third kappa shape index (κ3) is 2.74. The van der Waals surface area contributed by atoms with Gasteiger partial charge in [0.15, 0.2) is 17.1 Å². The molecule has 4 rings (SSSR count). The van der Waals surface area contributed by atoms with Crippen LogP contribution >= 0.6 is 0 Å². The molecule has 4 aliphatic rings. The van der Waals surface area contributed by atoms with Gasteiger partial charge in [0, 0.05) is 34.7 Å². The van der Waals surface area contributed by atoms with Crippen molar-refractivity contribution in [2.75, 3.05) is 6.61 Å². The maximum absolute atomic E-state index is 17.2. The first-order valence-electron chi connectivity index (χ1n) is 11.8. The fourth-order valence-corrected chi connectivity index (χ4v) is 7.85. The highest BCUT2D eigenvalue weighted by molar-refractivity contribution is 6.04.